The molecule has 0 fully saturated rings. The number of amides is 1. The fourth-order valence-corrected chi connectivity index (χ4v) is 5.20. The maximum Gasteiger partial charge on any atom is 0.338 e. The first-order valence-electron chi connectivity index (χ1n) is 10.2. The van der Waals surface area contributed by atoms with Crippen LogP contribution in [0.1, 0.15) is 36.9 Å². The lowest BCUT2D eigenvalue weighted by atomic mass is 10.1. The molecule has 176 valence electrons. The maximum absolute atomic E-state index is 12.7. The Morgan fingerprint density at radius 2 is 2.06 bits per heavy atom. The third-order valence-corrected chi connectivity index (χ3v) is 7.78. The minimum atomic E-state index is -3.81. The Hall–Kier alpha value is -3.51. The van der Waals surface area contributed by atoms with E-state index < -0.39 is 27.0 Å². The van der Waals surface area contributed by atoms with Gasteiger partial charge in [0.05, 0.1) is 34.9 Å². The van der Waals surface area contributed by atoms with E-state index in [4.69, 9.17) is 14.6 Å². The summed E-state index contributed by atoms with van der Waals surface area (Å²) in [6.07, 6.45) is 1.33. The van der Waals surface area contributed by atoms with Crippen LogP contribution in [0.5, 0.6) is 0 Å². The molecule has 3 heterocycles. The van der Waals surface area contributed by atoms with Gasteiger partial charge in [-0.1, -0.05) is 12.1 Å². The van der Waals surface area contributed by atoms with Gasteiger partial charge >= 0.3 is 5.97 Å². The van der Waals surface area contributed by atoms with Crippen molar-refractivity contribution in [3.63, 3.8) is 0 Å². The van der Waals surface area contributed by atoms with Gasteiger partial charge in [0.25, 0.3) is 5.91 Å². The number of hydrogen-bond acceptors (Lipinski definition) is 9. The number of aliphatic imine (C=N–C) groups is 1. The lowest BCUT2D eigenvalue weighted by Crippen LogP contribution is -2.46. The molecule has 1 amide bonds. The Morgan fingerprint density at radius 3 is 2.76 bits per heavy atom. The number of amidine groups is 3. The van der Waals surface area contributed by atoms with E-state index >= 15 is 0 Å². The second-order valence-electron chi connectivity index (χ2n) is 7.50. The summed E-state index contributed by atoms with van der Waals surface area (Å²) in [7, 11) is -3.81. The lowest BCUT2D eigenvalue weighted by Gasteiger charge is -2.25. The molecular weight excluding hydrogens is 480 g/mol. The molecular formula is C22H20N4O6S2. The fourth-order valence-electron chi connectivity index (χ4n) is 3.14. The zero-order valence-electron chi connectivity index (χ0n) is 18.4. The van der Waals surface area contributed by atoms with Crippen LogP contribution < -0.4 is 0 Å². The molecule has 0 bridgehead atoms. The van der Waals surface area contributed by atoms with Crippen molar-refractivity contribution < 1.29 is 27.2 Å². The molecule has 0 saturated heterocycles. The van der Waals surface area contributed by atoms with E-state index in [1.807, 2.05) is 0 Å². The molecule has 1 aromatic carbocycles. The van der Waals surface area contributed by atoms with Crippen molar-refractivity contribution in [1.82, 2.24) is 4.90 Å². The van der Waals surface area contributed by atoms with Crippen LogP contribution in [0.2, 0.25) is 0 Å². The first-order chi connectivity index (χ1) is 16.1. The topological polar surface area (TPSA) is 142 Å². The van der Waals surface area contributed by atoms with Crippen LogP contribution in [0, 0.1) is 5.41 Å². The molecule has 10 nitrogen and oxygen atoms in total. The SMILES string of the molecule is CCOC(=O)c1cccc(-c2ccc(C=C3C(=N)N4C(=NC3=O)SN=C4S(=O)(=O)C(C)C)o2)c1. The largest absolute Gasteiger partial charge is 0.462 e. The number of esters is 1. The number of furan rings is 1. The average molecular weight is 501 g/mol. The van der Waals surface area contributed by atoms with Gasteiger partial charge in [-0.25, -0.2) is 18.1 Å². The Morgan fingerprint density at radius 1 is 1.29 bits per heavy atom. The van der Waals surface area contributed by atoms with E-state index in [2.05, 4.69) is 9.39 Å². The van der Waals surface area contributed by atoms with Crippen molar-refractivity contribution in [2.24, 2.45) is 9.39 Å². The van der Waals surface area contributed by atoms with E-state index in [-0.39, 0.29) is 34.1 Å². The Labute approximate surface area is 200 Å². The third-order valence-electron chi connectivity index (χ3n) is 4.94. The molecule has 4 rings (SSSR count). The number of nitrogens with zero attached hydrogens (tertiary/aromatic N) is 3. The summed E-state index contributed by atoms with van der Waals surface area (Å²) in [5.41, 5.74) is 0.847. The quantitative estimate of drug-likeness (QED) is 0.373. The zero-order chi connectivity index (χ0) is 24.6. The number of sulfone groups is 1. The van der Waals surface area contributed by atoms with Crippen LogP contribution in [0.3, 0.4) is 0 Å². The van der Waals surface area contributed by atoms with Gasteiger partial charge in [0.2, 0.25) is 20.2 Å². The van der Waals surface area contributed by atoms with Crippen molar-refractivity contribution in [1.29, 1.82) is 5.41 Å². The standard InChI is InChI=1S/C22H20N4O6S2/c1-4-31-20(28)14-7-5-6-13(10-14)17-9-8-15(32-17)11-16-18(23)26-21(24-19(16)27)33-25-22(26)34(29,30)12(2)3/h5-12,23H,4H2,1-3H3. The molecule has 0 radical (unpaired) electrons. The molecule has 0 atom stereocenters. The van der Waals surface area contributed by atoms with Gasteiger partial charge in [-0.2, -0.15) is 9.39 Å². The predicted molar refractivity (Wildman–Crippen MR) is 129 cm³/mol. The second-order valence-corrected chi connectivity index (χ2v) is 10.6. The molecule has 1 aromatic heterocycles. The molecule has 2 aromatic rings. The highest BCUT2D eigenvalue weighted by atomic mass is 32.2. The number of nitrogens with one attached hydrogen (secondary N) is 1. The molecule has 2 aliphatic rings. The number of ether oxygens (including phenoxy) is 1. The molecule has 2 aliphatic heterocycles. The highest BCUT2D eigenvalue weighted by molar-refractivity contribution is 8.16. The minimum absolute atomic E-state index is 0.0160. The molecule has 34 heavy (non-hydrogen) atoms. The smallest absolute Gasteiger partial charge is 0.338 e. The lowest BCUT2D eigenvalue weighted by molar-refractivity contribution is -0.114. The van der Waals surface area contributed by atoms with Crippen LogP contribution in [-0.4, -0.2) is 53.2 Å². The number of carbonyl (C=O) groups is 2. The van der Waals surface area contributed by atoms with E-state index in [0.29, 0.717) is 16.9 Å². The van der Waals surface area contributed by atoms with Gasteiger partial charge in [-0.05, 0) is 51.1 Å². The second kappa shape index (κ2) is 9.03. The van der Waals surface area contributed by atoms with Crippen LogP contribution in [0.25, 0.3) is 17.4 Å². The maximum atomic E-state index is 12.7. The summed E-state index contributed by atoms with van der Waals surface area (Å²) in [6, 6.07) is 9.95. The molecule has 0 unspecified atom stereocenters. The monoisotopic (exact) mass is 500 g/mol. The minimum Gasteiger partial charge on any atom is -0.462 e. The highest BCUT2D eigenvalue weighted by Crippen LogP contribution is 2.32. The van der Waals surface area contributed by atoms with Crippen LogP contribution in [-0.2, 0) is 19.4 Å². The first-order valence-corrected chi connectivity index (χ1v) is 12.6. The number of benzene rings is 1. The van der Waals surface area contributed by atoms with Crippen LogP contribution in [0.15, 0.2) is 55.8 Å². The van der Waals surface area contributed by atoms with Gasteiger partial charge < -0.3 is 9.15 Å². The van der Waals surface area contributed by atoms with Crippen molar-refractivity contribution in [2.45, 2.75) is 26.0 Å². The number of fused-ring (bicyclic) bond motifs is 1. The summed E-state index contributed by atoms with van der Waals surface area (Å²) < 4.78 is 40.1. The summed E-state index contributed by atoms with van der Waals surface area (Å²) in [5.74, 6) is -0.834. The third kappa shape index (κ3) is 4.21. The number of hydrogen-bond donors (Lipinski definition) is 1. The number of carbonyl (C=O) groups excluding carboxylic acids is 2. The normalized spacial score (nSPS) is 17.2. The highest BCUT2D eigenvalue weighted by Gasteiger charge is 2.43. The summed E-state index contributed by atoms with van der Waals surface area (Å²) in [5, 5.41) is 7.42. The van der Waals surface area contributed by atoms with Gasteiger partial charge in [-0.15, -0.1) is 0 Å². The van der Waals surface area contributed by atoms with E-state index in [0.717, 1.165) is 16.8 Å². The Bertz CT molecular complexity index is 1400. The van der Waals surface area contributed by atoms with E-state index in [9.17, 15) is 18.0 Å². The molecule has 0 saturated carbocycles. The molecule has 12 heteroatoms. The van der Waals surface area contributed by atoms with Gasteiger partial charge in [-0.3, -0.25) is 10.2 Å². The van der Waals surface area contributed by atoms with Crippen LogP contribution >= 0.6 is 11.9 Å². The average Bonchev–Trinajstić information content (AvgIpc) is 3.44. The van der Waals surface area contributed by atoms with Crippen molar-refractivity contribution in [2.75, 3.05) is 6.61 Å². The Kier molecular flexibility index (Phi) is 6.28. The van der Waals surface area contributed by atoms with Crippen LogP contribution in [0.4, 0.5) is 0 Å². The summed E-state index contributed by atoms with van der Waals surface area (Å²) in [4.78, 5) is 29.5. The first kappa shape index (κ1) is 23.6. The van der Waals surface area contributed by atoms with Crippen molar-refractivity contribution in [3.8, 4) is 11.3 Å². The fraction of sp³-hybridized carbons (Fsp3) is 0.227. The summed E-state index contributed by atoms with van der Waals surface area (Å²) in [6.45, 7) is 4.99. The van der Waals surface area contributed by atoms with E-state index in [1.165, 1.54) is 19.9 Å². The number of rotatable bonds is 5. The van der Waals surface area contributed by atoms with Crippen molar-refractivity contribution >= 4 is 55.9 Å². The van der Waals surface area contributed by atoms with Crippen molar-refractivity contribution in [3.05, 3.63) is 53.3 Å². The van der Waals surface area contributed by atoms with Gasteiger partial charge in [0.15, 0.2) is 0 Å². The van der Waals surface area contributed by atoms with Gasteiger partial charge in [0, 0.05) is 5.56 Å². The molecule has 1 N–H and O–H groups in total. The Balaban J connectivity index is 1.65. The summed E-state index contributed by atoms with van der Waals surface area (Å²) >= 11 is 0.738. The molecule has 0 aliphatic carbocycles. The van der Waals surface area contributed by atoms with E-state index in [1.54, 1.807) is 43.3 Å². The zero-order valence-corrected chi connectivity index (χ0v) is 20.1. The van der Waals surface area contributed by atoms with Gasteiger partial charge in [0.1, 0.15) is 17.4 Å². The molecule has 0 spiro atoms. The predicted octanol–water partition coefficient (Wildman–Crippen LogP) is 3.52.